The molecule has 0 fully saturated rings. The van der Waals surface area contributed by atoms with Gasteiger partial charge < -0.3 is 6.74 Å². The van der Waals surface area contributed by atoms with Crippen LogP contribution in [0.3, 0.4) is 0 Å². The molecular formula is C4H9N2Na. The van der Waals surface area contributed by atoms with Gasteiger partial charge in [0, 0.05) is 6.54 Å². The fraction of sp³-hybridized carbons (Fsp3) is 0.500. The normalized spacial score (nSPS) is 17.1. The van der Waals surface area contributed by atoms with Crippen LogP contribution in [0.1, 0.15) is 1.43 Å². The van der Waals surface area contributed by atoms with Crippen molar-refractivity contribution in [2.75, 3.05) is 13.2 Å². The Balaban J connectivity index is 0. The maximum atomic E-state index is 3.09. The van der Waals surface area contributed by atoms with Crippen LogP contribution in [0.25, 0.3) is 0 Å². The zero-order valence-electron chi connectivity index (χ0n) is 5.57. The molecule has 0 aromatic carbocycles. The van der Waals surface area contributed by atoms with Crippen LogP contribution in [-0.2, 0) is 0 Å². The molecule has 0 aromatic heterocycles. The van der Waals surface area contributed by atoms with E-state index in [1.165, 1.54) is 0 Å². The third-order valence-electron chi connectivity index (χ3n) is 0.725. The van der Waals surface area contributed by atoms with Gasteiger partial charge in [0.05, 0.1) is 6.67 Å². The van der Waals surface area contributed by atoms with Crippen molar-refractivity contribution >= 4 is 0 Å². The van der Waals surface area contributed by atoms with Gasteiger partial charge in [0.2, 0.25) is 0 Å². The fourth-order valence-electron chi connectivity index (χ4n) is 0.429. The quantitative estimate of drug-likeness (QED) is 0.319. The molecule has 2 N–H and O–H groups in total. The molecule has 1 aliphatic heterocycles. The van der Waals surface area contributed by atoms with Crippen molar-refractivity contribution in [3.63, 3.8) is 0 Å². The molecule has 0 atom stereocenters. The van der Waals surface area contributed by atoms with Crippen LogP contribution in [0.2, 0.25) is 0 Å². The Labute approximate surface area is 67.1 Å². The Morgan fingerprint density at radius 3 is 2.57 bits per heavy atom. The Kier molecular flexibility index (Phi) is 4.99. The van der Waals surface area contributed by atoms with Gasteiger partial charge in [0.15, 0.2) is 0 Å². The first-order valence-electron chi connectivity index (χ1n) is 2.09. The summed E-state index contributed by atoms with van der Waals surface area (Å²) in [5.41, 5.74) is 0. The van der Waals surface area contributed by atoms with E-state index in [0.29, 0.717) is 0 Å². The van der Waals surface area contributed by atoms with Gasteiger partial charge in [-0.1, -0.05) is 6.08 Å². The van der Waals surface area contributed by atoms with E-state index in [1.54, 1.807) is 0 Å². The first kappa shape index (κ1) is 7.50. The minimum absolute atomic E-state index is 0. The second kappa shape index (κ2) is 4.65. The van der Waals surface area contributed by atoms with Crippen molar-refractivity contribution in [1.29, 1.82) is 0 Å². The summed E-state index contributed by atoms with van der Waals surface area (Å²) in [7, 11) is 0. The molecule has 7 heavy (non-hydrogen) atoms. The molecule has 3 heteroatoms. The molecule has 0 spiro atoms. The van der Waals surface area contributed by atoms with Crippen molar-refractivity contribution in [1.82, 2.24) is 10.6 Å². The van der Waals surface area contributed by atoms with Gasteiger partial charge in [0.25, 0.3) is 0 Å². The van der Waals surface area contributed by atoms with Crippen LogP contribution in [0.5, 0.6) is 0 Å². The van der Waals surface area contributed by atoms with Crippen LogP contribution in [0.15, 0.2) is 12.3 Å². The minimum atomic E-state index is 0. The zero-order chi connectivity index (χ0) is 4.24. The first-order chi connectivity index (χ1) is 3.00. The van der Waals surface area contributed by atoms with E-state index in [9.17, 15) is 0 Å². The number of nitrogens with one attached hydrogen (secondary N) is 2. The van der Waals surface area contributed by atoms with E-state index in [-0.39, 0.29) is 31.0 Å². The van der Waals surface area contributed by atoms with Crippen molar-refractivity contribution < 1.29 is 31.0 Å². The first-order valence-corrected chi connectivity index (χ1v) is 2.09. The molecule has 0 saturated heterocycles. The van der Waals surface area contributed by atoms with Crippen LogP contribution in [0, 0.1) is 0 Å². The van der Waals surface area contributed by atoms with Crippen LogP contribution < -0.4 is 40.2 Å². The molecule has 0 saturated carbocycles. The predicted octanol–water partition coefficient (Wildman–Crippen LogP) is -3.23. The Bertz CT molecular complexity index is 59.1. The molecule has 1 aliphatic rings. The second-order valence-electron chi connectivity index (χ2n) is 1.24. The molecule has 1 heterocycles. The fourth-order valence-corrected chi connectivity index (χ4v) is 0.429. The zero-order valence-corrected chi connectivity index (χ0v) is 6.57. The Morgan fingerprint density at radius 1 is 1.57 bits per heavy atom. The van der Waals surface area contributed by atoms with Gasteiger partial charge in [0.1, 0.15) is 0 Å². The van der Waals surface area contributed by atoms with Crippen molar-refractivity contribution in [2.45, 2.75) is 0 Å². The van der Waals surface area contributed by atoms with E-state index in [2.05, 4.69) is 10.6 Å². The van der Waals surface area contributed by atoms with Gasteiger partial charge in [-0.05, 0) is 6.20 Å². The molecule has 0 bridgehead atoms. The summed E-state index contributed by atoms with van der Waals surface area (Å²) in [5.74, 6) is 0. The molecule has 36 valence electrons. The molecule has 0 aliphatic carbocycles. The molecule has 0 aromatic rings. The molecule has 2 nitrogen and oxygen atoms in total. The SMILES string of the molecule is C1=CNCNC1.[H-].[Na+]. The second-order valence-corrected chi connectivity index (χ2v) is 1.24. The molecule has 0 radical (unpaired) electrons. The summed E-state index contributed by atoms with van der Waals surface area (Å²) in [5, 5.41) is 6.08. The molecular weight excluding hydrogens is 99.0 g/mol. The van der Waals surface area contributed by atoms with Crippen molar-refractivity contribution in [2.24, 2.45) is 0 Å². The maximum Gasteiger partial charge on any atom is 1.00 e. The molecule has 1 rings (SSSR count). The predicted molar refractivity (Wildman–Crippen MR) is 26.3 cm³/mol. The topological polar surface area (TPSA) is 24.1 Å². The van der Waals surface area contributed by atoms with E-state index in [4.69, 9.17) is 0 Å². The Morgan fingerprint density at radius 2 is 2.43 bits per heavy atom. The van der Waals surface area contributed by atoms with E-state index in [1.807, 2.05) is 12.3 Å². The summed E-state index contributed by atoms with van der Waals surface area (Å²) in [4.78, 5) is 0. The summed E-state index contributed by atoms with van der Waals surface area (Å²) in [6, 6.07) is 0. The van der Waals surface area contributed by atoms with E-state index < -0.39 is 0 Å². The third kappa shape index (κ3) is 3.12. The standard InChI is InChI=1S/C4H8N2.Na.H/c1-2-5-4-6-3-1;;/h1-2,5-6H,3-4H2;;/q;+1;-1. The Hall–Kier alpha value is 0.500. The molecule has 0 amide bonds. The van der Waals surface area contributed by atoms with E-state index >= 15 is 0 Å². The monoisotopic (exact) mass is 108 g/mol. The third-order valence-corrected chi connectivity index (χ3v) is 0.725. The molecule has 0 unspecified atom stereocenters. The van der Waals surface area contributed by atoms with Crippen molar-refractivity contribution in [3.05, 3.63) is 12.3 Å². The number of hydrogen-bond donors (Lipinski definition) is 2. The van der Waals surface area contributed by atoms with Gasteiger partial charge >= 0.3 is 29.6 Å². The van der Waals surface area contributed by atoms with Gasteiger partial charge in [-0.25, -0.2) is 0 Å². The average Bonchev–Trinajstić information content (AvgIpc) is 1.72. The number of rotatable bonds is 0. The summed E-state index contributed by atoms with van der Waals surface area (Å²) >= 11 is 0. The smallest absolute Gasteiger partial charge is 1.00 e. The largest absolute Gasteiger partial charge is 1.00 e. The summed E-state index contributed by atoms with van der Waals surface area (Å²) in [6.45, 7) is 1.92. The van der Waals surface area contributed by atoms with Gasteiger partial charge in [-0.3, -0.25) is 5.32 Å². The minimum Gasteiger partial charge on any atom is -1.00 e. The van der Waals surface area contributed by atoms with E-state index in [0.717, 1.165) is 13.2 Å². The van der Waals surface area contributed by atoms with Gasteiger partial charge in [-0.2, -0.15) is 0 Å². The number of hydrogen-bond acceptors (Lipinski definition) is 2. The van der Waals surface area contributed by atoms with Crippen LogP contribution >= 0.6 is 0 Å². The van der Waals surface area contributed by atoms with Crippen LogP contribution in [0.4, 0.5) is 0 Å². The maximum absolute atomic E-state index is 3.09. The summed E-state index contributed by atoms with van der Waals surface area (Å²) < 4.78 is 0. The van der Waals surface area contributed by atoms with Gasteiger partial charge in [-0.15, -0.1) is 0 Å². The van der Waals surface area contributed by atoms with Crippen LogP contribution in [-0.4, -0.2) is 13.2 Å². The summed E-state index contributed by atoms with van der Waals surface area (Å²) in [6.07, 6.45) is 4.00. The van der Waals surface area contributed by atoms with Crippen molar-refractivity contribution in [3.8, 4) is 0 Å². The average molecular weight is 108 g/mol.